The Morgan fingerprint density at radius 2 is 2.18 bits per heavy atom. The van der Waals surface area contributed by atoms with Crippen LogP contribution in [0.4, 0.5) is 10.5 Å². The number of anilines is 1. The number of nitrogens with zero attached hydrogens (tertiary/aromatic N) is 1. The van der Waals surface area contributed by atoms with Gasteiger partial charge in [0.1, 0.15) is 0 Å². The molecule has 0 aliphatic heterocycles. The molecule has 2 bridgehead atoms. The van der Waals surface area contributed by atoms with Gasteiger partial charge in [-0.2, -0.15) is 0 Å². The lowest BCUT2D eigenvalue weighted by Gasteiger charge is -2.28. The molecule has 1 aromatic rings. The van der Waals surface area contributed by atoms with Gasteiger partial charge in [-0.25, -0.2) is 4.79 Å². The van der Waals surface area contributed by atoms with Gasteiger partial charge < -0.3 is 10.2 Å². The van der Waals surface area contributed by atoms with Crippen LogP contribution in [0.2, 0.25) is 0 Å². The van der Waals surface area contributed by atoms with Crippen molar-refractivity contribution in [2.75, 3.05) is 18.4 Å². The number of nitrogens with one attached hydrogen (secondary N) is 1. The van der Waals surface area contributed by atoms with E-state index in [1.807, 2.05) is 36.1 Å². The van der Waals surface area contributed by atoms with Gasteiger partial charge >= 0.3 is 6.03 Å². The Bertz CT molecular complexity index is 566. The van der Waals surface area contributed by atoms with E-state index in [2.05, 4.69) is 24.4 Å². The fourth-order valence-electron chi connectivity index (χ4n) is 3.86. The first-order valence-electron chi connectivity index (χ1n) is 8.46. The van der Waals surface area contributed by atoms with Crippen LogP contribution in [-0.4, -0.2) is 24.0 Å². The first-order chi connectivity index (χ1) is 10.7. The molecule has 3 nitrogen and oxygen atoms in total. The number of fused-ring (bicyclic) bond motifs is 2. The molecule has 0 spiro atoms. The van der Waals surface area contributed by atoms with Gasteiger partial charge in [-0.05, 0) is 61.6 Å². The zero-order valence-electron chi connectivity index (χ0n) is 13.6. The summed E-state index contributed by atoms with van der Waals surface area (Å²) in [7, 11) is 0. The summed E-state index contributed by atoms with van der Waals surface area (Å²) in [5.41, 5.74) is 2.05. The Labute approximate surface area is 133 Å². The molecule has 0 saturated heterocycles. The van der Waals surface area contributed by atoms with Crippen LogP contribution in [-0.2, 0) is 0 Å². The Morgan fingerprint density at radius 1 is 1.32 bits per heavy atom. The van der Waals surface area contributed by atoms with Gasteiger partial charge in [0, 0.05) is 18.8 Å². The molecule has 0 aromatic heterocycles. The van der Waals surface area contributed by atoms with E-state index in [1.165, 1.54) is 12.8 Å². The number of aryl methyl sites for hydroxylation is 1. The van der Waals surface area contributed by atoms with E-state index in [0.29, 0.717) is 11.8 Å². The predicted molar refractivity (Wildman–Crippen MR) is 90.9 cm³/mol. The number of allylic oxidation sites excluding steroid dienone is 2. The van der Waals surface area contributed by atoms with Crippen LogP contribution < -0.4 is 5.32 Å². The number of benzene rings is 1. The number of urea groups is 1. The third-order valence-corrected chi connectivity index (χ3v) is 4.92. The van der Waals surface area contributed by atoms with Crippen molar-refractivity contribution in [3.05, 3.63) is 42.0 Å². The normalized spacial score (nSPS) is 25.5. The van der Waals surface area contributed by atoms with Gasteiger partial charge in [0.05, 0.1) is 0 Å². The molecule has 1 N–H and O–H groups in total. The lowest BCUT2D eigenvalue weighted by Crippen LogP contribution is -2.39. The summed E-state index contributed by atoms with van der Waals surface area (Å²) in [6.07, 6.45) is 8.26. The molecule has 1 aromatic carbocycles. The summed E-state index contributed by atoms with van der Waals surface area (Å²) < 4.78 is 0. The van der Waals surface area contributed by atoms with E-state index in [0.717, 1.165) is 36.7 Å². The maximum Gasteiger partial charge on any atom is 0.321 e. The number of carbonyl (C=O) groups excluding carboxylic acids is 1. The Kier molecular flexibility index (Phi) is 4.51. The summed E-state index contributed by atoms with van der Waals surface area (Å²) in [5, 5.41) is 3.05. The second kappa shape index (κ2) is 6.55. The lowest BCUT2D eigenvalue weighted by atomic mass is 9.93. The van der Waals surface area contributed by atoms with Crippen molar-refractivity contribution in [2.45, 2.75) is 33.1 Å². The van der Waals surface area contributed by atoms with Crippen molar-refractivity contribution in [3.63, 3.8) is 0 Å². The van der Waals surface area contributed by atoms with Crippen LogP contribution in [0.15, 0.2) is 36.4 Å². The Hall–Kier alpha value is -1.77. The van der Waals surface area contributed by atoms with Crippen LogP contribution >= 0.6 is 0 Å². The van der Waals surface area contributed by atoms with E-state index < -0.39 is 0 Å². The quantitative estimate of drug-likeness (QED) is 0.800. The fourth-order valence-corrected chi connectivity index (χ4v) is 3.86. The van der Waals surface area contributed by atoms with Crippen molar-refractivity contribution in [2.24, 2.45) is 17.8 Å². The van der Waals surface area contributed by atoms with Gasteiger partial charge in [0.15, 0.2) is 0 Å². The molecule has 0 heterocycles. The molecule has 118 valence electrons. The molecule has 3 unspecified atom stereocenters. The highest BCUT2D eigenvalue weighted by atomic mass is 16.2. The SMILES string of the molecule is CCCN(CC1CC2C=CC1C2)C(=O)Nc1cccc(C)c1. The van der Waals surface area contributed by atoms with Gasteiger partial charge in [-0.1, -0.05) is 31.2 Å². The van der Waals surface area contributed by atoms with Gasteiger partial charge in [-0.3, -0.25) is 0 Å². The smallest absolute Gasteiger partial charge is 0.321 e. The van der Waals surface area contributed by atoms with E-state index in [9.17, 15) is 4.79 Å². The largest absolute Gasteiger partial charge is 0.324 e. The molecule has 2 amide bonds. The maximum atomic E-state index is 12.6. The maximum absolute atomic E-state index is 12.6. The molecule has 0 radical (unpaired) electrons. The Morgan fingerprint density at radius 3 is 2.82 bits per heavy atom. The molecular formula is C19H26N2O. The van der Waals surface area contributed by atoms with Crippen LogP contribution in [0.3, 0.4) is 0 Å². The summed E-state index contributed by atoms with van der Waals surface area (Å²) in [6.45, 7) is 5.89. The molecule has 1 fully saturated rings. The third-order valence-electron chi connectivity index (χ3n) is 4.92. The summed E-state index contributed by atoms with van der Waals surface area (Å²) in [6, 6.07) is 8.04. The summed E-state index contributed by atoms with van der Waals surface area (Å²) >= 11 is 0. The van der Waals surface area contributed by atoms with Crippen molar-refractivity contribution in [1.82, 2.24) is 4.90 Å². The monoisotopic (exact) mass is 298 g/mol. The lowest BCUT2D eigenvalue weighted by molar-refractivity contribution is 0.195. The molecule has 22 heavy (non-hydrogen) atoms. The number of carbonyl (C=O) groups is 1. The first kappa shape index (κ1) is 15.1. The standard InChI is InChI=1S/C19H26N2O/c1-3-9-21(13-17-12-15-7-8-16(17)11-15)19(22)20-18-6-4-5-14(2)10-18/h4-8,10,15-17H,3,9,11-13H2,1-2H3,(H,20,22). The minimum atomic E-state index is 0.0409. The highest BCUT2D eigenvalue weighted by Crippen LogP contribution is 2.43. The first-order valence-corrected chi connectivity index (χ1v) is 8.46. The number of rotatable bonds is 5. The van der Waals surface area contributed by atoms with Crippen LogP contribution in [0, 0.1) is 24.7 Å². The fraction of sp³-hybridized carbons (Fsp3) is 0.526. The van der Waals surface area contributed by atoms with E-state index in [-0.39, 0.29) is 6.03 Å². The van der Waals surface area contributed by atoms with Crippen molar-refractivity contribution in [1.29, 1.82) is 0 Å². The molecule has 2 aliphatic carbocycles. The van der Waals surface area contributed by atoms with Crippen LogP contribution in [0.5, 0.6) is 0 Å². The van der Waals surface area contributed by atoms with E-state index in [1.54, 1.807) is 0 Å². The van der Waals surface area contributed by atoms with Gasteiger partial charge in [0.2, 0.25) is 0 Å². The number of hydrogen-bond acceptors (Lipinski definition) is 1. The van der Waals surface area contributed by atoms with Crippen LogP contribution in [0.1, 0.15) is 31.7 Å². The van der Waals surface area contributed by atoms with E-state index >= 15 is 0 Å². The van der Waals surface area contributed by atoms with Crippen molar-refractivity contribution < 1.29 is 4.79 Å². The molecule has 3 atom stereocenters. The Balaban J connectivity index is 1.62. The van der Waals surface area contributed by atoms with Crippen molar-refractivity contribution in [3.8, 4) is 0 Å². The topological polar surface area (TPSA) is 32.3 Å². The number of amides is 2. The zero-order valence-corrected chi connectivity index (χ0v) is 13.6. The molecule has 3 rings (SSSR count). The molecule has 3 heteroatoms. The molecule has 2 aliphatic rings. The third kappa shape index (κ3) is 3.34. The second-order valence-electron chi connectivity index (χ2n) is 6.79. The van der Waals surface area contributed by atoms with Crippen LogP contribution in [0.25, 0.3) is 0 Å². The van der Waals surface area contributed by atoms with E-state index in [4.69, 9.17) is 0 Å². The molecular weight excluding hydrogens is 272 g/mol. The highest BCUT2D eigenvalue weighted by Gasteiger charge is 2.36. The predicted octanol–water partition coefficient (Wildman–Crippen LogP) is 4.45. The average molecular weight is 298 g/mol. The van der Waals surface area contributed by atoms with Gasteiger partial charge in [0.25, 0.3) is 0 Å². The second-order valence-corrected chi connectivity index (χ2v) is 6.79. The van der Waals surface area contributed by atoms with Crippen molar-refractivity contribution >= 4 is 11.7 Å². The highest BCUT2D eigenvalue weighted by molar-refractivity contribution is 5.89. The minimum absolute atomic E-state index is 0.0409. The summed E-state index contributed by atoms with van der Waals surface area (Å²) in [5.74, 6) is 2.10. The molecule has 1 saturated carbocycles. The van der Waals surface area contributed by atoms with Gasteiger partial charge in [-0.15, -0.1) is 0 Å². The zero-order chi connectivity index (χ0) is 15.5. The minimum Gasteiger partial charge on any atom is -0.324 e. The average Bonchev–Trinajstić information content (AvgIpc) is 3.09. The summed E-state index contributed by atoms with van der Waals surface area (Å²) in [4.78, 5) is 14.6. The number of hydrogen-bond donors (Lipinski definition) is 1.